The first kappa shape index (κ1) is 18.1. The van der Waals surface area contributed by atoms with Gasteiger partial charge in [0.2, 0.25) is 5.75 Å². The standard InChI is InChI=1S/C15H10O9S2/c16-8-5-9(6-2-1-3-7(4-6)25(20)21)24-14-10(8)11(17)12(18)13(19)15(14)26(22)23/h1-5,17-19H,(H,20,21)(H,22,23)/p-2. The Labute approximate surface area is 149 Å². The average Bonchev–Trinajstić information content (AvgIpc) is 2.59. The molecule has 0 aliphatic rings. The Hall–Kier alpha value is -2.73. The molecule has 136 valence electrons. The number of phenolic OH excluding ortho intramolecular Hbond substituents is 3. The molecule has 9 nitrogen and oxygen atoms in total. The Balaban J connectivity index is 2.42. The van der Waals surface area contributed by atoms with E-state index in [-0.39, 0.29) is 16.2 Å². The maximum atomic E-state index is 12.3. The first-order chi connectivity index (χ1) is 12.2. The highest BCUT2D eigenvalue weighted by Crippen LogP contribution is 2.45. The Bertz CT molecular complexity index is 1150. The topological polar surface area (TPSA) is 171 Å². The number of hydrogen-bond acceptors (Lipinski definition) is 9. The molecule has 26 heavy (non-hydrogen) atoms. The lowest BCUT2D eigenvalue weighted by molar-refractivity contribution is 0.362. The van der Waals surface area contributed by atoms with E-state index >= 15 is 0 Å². The number of aromatic hydroxyl groups is 3. The van der Waals surface area contributed by atoms with Crippen molar-refractivity contribution in [2.75, 3.05) is 0 Å². The van der Waals surface area contributed by atoms with Crippen molar-refractivity contribution in [3.8, 4) is 28.6 Å². The zero-order valence-corrected chi connectivity index (χ0v) is 14.1. The number of benzene rings is 2. The van der Waals surface area contributed by atoms with Gasteiger partial charge in [0.15, 0.2) is 22.5 Å². The molecule has 0 fully saturated rings. The van der Waals surface area contributed by atoms with Crippen molar-refractivity contribution >= 4 is 33.1 Å². The molecule has 0 bridgehead atoms. The number of phenols is 3. The van der Waals surface area contributed by atoms with Crippen molar-refractivity contribution in [2.24, 2.45) is 0 Å². The lowest BCUT2D eigenvalue weighted by Gasteiger charge is -2.14. The third-order valence-corrected chi connectivity index (χ3v) is 4.88. The van der Waals surface area contributed by atoms with Crippen LogP contribution < -0.4 is 5.43 Å². The van der Waals surface area contributed by atoms with Gasteiger partial charge in [-0.25, -0.2) is 0 Å². The van der Waals surface area contributed by atoms with Crippen LogP contribution >= 0.6 is 0 Å². The van der Waals surface area contributed by atoms with E-state index in [1.165, 1.54) is 24.3 Å². The highest BCUT2D eigenvalue weighted by molar-refractivity contribution is 7.79. The minimum atomic E-state index is -3.12. The maximum absolute atomic E-state index is 12.3. The summed E-state index contributed by atoms with van der Waals surface area (Å²) in [5.74, 6) is -3.61. The predicted molar refractivity (Wildman–Crippen MR) is 87.3 cm³/mol. The second-order valence-electron chi connectivity index (χ2n) is 5.05. The Kier molecular flexibility index (Phi) is 4.54. The highest BCUT2D eigenvalue weighted by Gasteiger charge is 2.24. The molecular weight excluding hydrogens is 388 g/mol. The fourth-order valence-corrected chi connectivity index (χ4v) is 3.34. The summed E-state index contributed by atoms with van der Waals surface area (Å²) >= 11 is -5.67. The fraction of sp³-hybridized carbons (Fsp3) is 0. The van der Waals surface area contributed by atoms with Gasteiger partial charge in [-0.15, -0.1) is 0 Å². The van der Waals surface area contributed by atoms with Crippen molar-refractivity contribution < 1.29 is 37.3 Å². The molecule has 2 atom stereocenters. The van der Waals surface area contributed by atoms with Crippen LogP contribution in [0.3, 0.4) is 0 Å². The van der Waals surface area contributed by atoms with Gasteiger partial charge in [-0.2, -0.15) is 0 Å². The van der Waals surface area contributed by atoms with Crippen molar-refractivity contribution in [1.82, 2.24) is 0 Å². The highest BCUT2D eigenvalue weighted by atomic mass is 32.2. The molecule has 0 aliphatic carbocycles. The quantitative estimate of drug-likeness (QED) is 0.432. The van der Waals surface area contributed by atoms with Crippen LogP contribution in [0.25, 0.3) is 22.3 Å². The van der Waals surface area contributed by atoms with E-state index in [0.717, 1.165) is 6.07 Å². The van der Waals surface area contributed by atoms with E-state index in [4.69, 9.17) is 4.42 Å². The van der Waals surface area contributed by atoms with E-state index in [2.05, 4.69) is 0 Å². The zero-order chi connectivity index (χ0) is 19.2. The van der Waals surface area contributed by atoms with Gasteiger partial charge in [-0.3, -0.25) is 13.2 Å². The van der Waals surface area contributed by atoms with Gasteiger partial charge in [0.25, 0.3) is 0 Å². The largest absolute Gasteiger partial charge is 0.768 e. The predicted octanol–water partition coefficient (Wildman–Crippen LogP) is 1.05. The second kappa shape index (κ2) is 6.53. The molecule has 1 aromatic heterocycles. The van der Waals surface area contributed by atoms with Crippen LogP contribution in [0.15, 0.2) is 49.3 Å². The molecule has 0 spiro atoms. The van der Waals surface area contributed by atoms with E-state index in [1.54, 1.807) is 0 Å². The maximum Gasteiger partial charge on any atom is 0.202 e. The summed E-state index contributed by atoms with van der Waals surface area (Å²) < 4.78 is 50.3. The third kappa shape index (κ3) is 2.86. The van der Waals surface area contributed by atoms with Gasteiger partial charge in [0.05, 0.1) is 0 Å². The summed E-state index contributed by atoms with van der Waals surface area (Å²) in [4.78, 5) is 11.3. The van der Waals surface area contributed by atoms with Gasteiger partial charge < -0.3 is 28.8 Å². The van der Waals surface area contributed by atoms with E-state index in [1.807, 2.05) is 0 Å². The van der Waals surface area contributed by atoms with Crippen molar-refractivity contribution in [1.29, 1.82) is 0 Å². The van der Waals surface area contributed by atoms with Crippen LogP contribution in [0.5, 0.6) is 17.2 Å². The Morgan fingerprint density at radius 1 is 0.923 bits per heavy atom. The molecule has 0 saturated carbocycles. The smallest absolute Gasteiger partial charge is 0.202 e. The van der Waals surface area contributed by atoms with Gasteiger partial charge in [0.1, 0.15) is 16.0 Å². The molecule has 3 rings (SSSR count). The number of rotatable bonds is 3. The minimum absolute atomic E-state index is 0.103. The molecule has 3 aromatic rings. The van der Waals surface area contributed by atoms with Gasteiger partial charge in [-0.05, 0) is 34.3 Å². The number of fused-ring (bicyclic) bond motifs is 1. The molecular formula is C15H8O9S2-2. The van der Waals surface area contributed by atoms with Crippen LogP contribution in [0.1, 0.15) is 0 Å². The summed E-state index contributed by atoms with van der Waals surface area (Å²) in [6, 6.07) is 6.15. The molecule has 2 aromatic carbocycles. The van der Waals surface area contributed by atoms with Gasteiger partial charge >= 0.3 is 0 Å². The lowest BCUT2D eigenvalue weighted by Crippen LogP contribution is -2.04. The molecule has 0 aliphatic heterocycles. The van der Waals surface area contributed by atoms with Crippen LogP contribution in [0, 0.1) is 0 Å². The average molecular weight is 396 g/mol. The normalized spacial score (nSPS) is 13.6. The molecule has 2 unspecified atom stereocenters. The summed E-state index contributed by atoms with van der Waals surface area (Å²) in [7, 11) is 0. The molecule has 1 heterocycles. The SMILES string of the molecule is O=c1cc(-c2cccc(S(=O)[O-])c2)oc2c(S(=O)[O-])c(O)c(O)c(O)c12. The van der Waals surface area contributed by atoms with Crippen molar-refractivity contribution in [3.63, 3.8) is 0 Å². The second-order valence-corrected chi connectivity index (χ2v) is 6.87. The summed E-state index contributed by atoms with van der Waals surface area (Å²) in [5.41, 5.74) is -1.45. The first-order valence-corrected chi connectivity index (χ1v) is 8.91. The number of hydrogen-bond donors (Lipinski definition) is 3. The monoisotopic (exact) mass is 396 g/mol. The first-order valence-electron chi connectivity index (χ1n) is 6.76. The fourth-order valence-electron chi connectivity index (χ4n) is 2.37. The van der Waals surface area contributed by atoms with E-state index in [9.17, 15) is 37.6 Å². The summed E-state index contributed by atoms with van der Waals surface area (Å²) in [5, 5.41) is 28.6. The van der Waals surface area contributed by atoms with E-state index < -0.39 is 60.7 Å². The van der Waals surface area contributed by atoms with Gasteiger partial charge in [0, 0.05) is 16.5 Å². The lowest BCUT2D eigenvalue weighted by atomic mass is 10.1. The van der Waals surface area contributed by atoms with Crippen LogP contribution in [0.2, 0.25) is 0 Å². The molecule has 11 heteroatoms. The molecule has 0 saturated heterocycles. The minimum Gasteiger partial charge on any atom is -0.768 e. The third-order valence-electron chi connectivity index (χ3n) is 3.53. The molecule has 0 radical (unpaired) electrons. The molecule has 3 N–H and O–H groups in total. The van der Waals surface area contributed by atoms with E-state index in [0.29, 0.717) is 0 Å². The van der Waals surface area contributed by atoms with Crippen molar-refractivity contribution in [2.45, 2.75) is 9.79 Å². The van der Waals surface area contributed by atoms with Crippen LogP contribution in [-0.4, -0.2) is 32.8 Å². The Morgan fingerprint density at radius 3 is 2.23 bits per heavy atom. The summed E-state index contributed by atoms with van der Waals surface area (Å²) in [6.45, 7) is 0. The van der Waals surface area contributed by atoms with Gasteiger partial charge in [-0.1, -0.05) is 12.1 Å². The summed E-state index contributed by atoms with van der Waals surface area (Å²) in [6.07, 6.45) is 0. The zero-order valence-electron chi connectivity index (χ0n) is 12.5. The van der Waals surface area contributed by atoms with Crippen LogP contribution in [0.4, 0.5) is 0 Å². The van der Waals surface area contributed by atoms with Crippen LogP contribution in [-0.2, 0) is 22.2 Å². The molecule has 0 amide bonds. The Morgan fingerprint density at radius 2 is 1.62 bits per heavy atom. The van der Waals surface area contributed by atoms with Crippen molar-refractivity contribution in [3.05, 3.63) is 40.6 Å².